The Morgan fingerprint density at radius 1 is 1.62 bits per heavy atom. The Morgan fingerprint density at radius 3 is 2.92 bits per heavy atom. The van der Waals surface area contributed by atoms with Crippen LogP contribution in [0.3, 0.4) is 0 Å². The Morgan fingerprint density at radius 2 is 2.46 bits per heavy atom. The molecule has 0 amide bonds. The molecular weight excluding hydrogens is 204 g/mol. The first kappa shape index (κ1) is 8.84. The Kier molecular flexibility index (Phi) is 2.17. The van der Waals surface area contributed by atoms with Gasteiger partial charge in [0.1, 0.15) is 0 Å². The van der Waals surface area contributed by atoms with Crippen molar-refractivity contribution in [2.45, 2.75) is 11.2 Å². The van der Waals surface area contributed by atoms with Crippen LogP contribution in [0.1, 0.15) is 11.3 Å². The summed E-state index contributed by atoms with van der Waals surface area (Å²) in [5, 5.41) is 13.0. The Bertz CT molecular complexity index is 333. The Labute approximate surface area is 84.3 Å². The van der Waals surface area contributed by atoms with Gasteiger partial charge in [-0.15, -0.1) is 23.1 Å². The summed E-state index contributed by atoms with van der Waals surface area (Å²) in [6, 6.07) is 3.78. The van der Waals surface area contributed by atoms with Crippen LogP contribution < -0.4 is 0 Å². The molecular formula is C9H8O2S2. The van der Waals surface area contributed by atoms with Gasteiger partial charge >= 0.3 is 5.97 Å². The fraction of sp³-hybridized carbons (Fsp3) is 0.222. The van der Waals surface area contributed by atoms with Crippen LogP contribution >= 0.6 is 23.1 Å². The zero-order chi connectivity index (χ0) is 9.31. The van der Waals surface area contributed by atoms with E-state index in [0.29, 0.717) is 6.42 Å². The van der Waals surface area contributed by atoms with Crippen LogP contribution in [0.25, 0.3) is 0 Å². The molecule has 1 atom stereocenters. The second kappa shape index (κ2) is 3.20. The van der Waals surface area contributed by atoms with Crippen molar-refractivity contribution in [3.8, 4) is 0 Å². The summed E-state index contributed by atoms with van der Waals surface area (Å²) < 4.78 is -0.742. The lowest BCUT2D eigenvalue weighted by atomic mass is 10.0. The standard InChI is InChI=1S/C9H8O2S2/c10-8(11)9(4-2-6-13-9)7-3-1-5-12-7/h1-3,5-6H,4H2,(H,10,11). The summed E-state index contributed by atoms with van der Waals surface area (Å²) in [6.07, 6.45) is 2.51. The number of carbonyl (C=O) groups is 1. The van der Waals surface area contributed by atoms with Crippen molar-refractivity contribution in [1.29, 1.82) is 0 Å². The van der Waals surface area contributed by atoms with E-state index in [2.05, 4.69) is 0 Å². The van der Waals surface area contributed by atoms with Crippen LogP contribution in [-0.4, -0.2) is 11.1 Å². The number of carboxylic acids is 1. The van der Waals surface area contributed by atoms with Gasteiger partial charge in [0.2, 0.25) is 0 Å². The first-order chi connectivity index (χ1) is 6.26. The van der Waals surface area contributed by atoms with Crippen molar-refractivity contribution in [3.05, 3.63) is 33.9 Å². The molecule has 0 aliphatic carbocycles. The van der Waals surface area contributed by atoms with Crippen molar-refractivity contribution >= 4 is 29.1 Å². The van der Waals surface area contributed by atoms with Crippen molar-refractivity contribution in [1.82, 2.24) is 0 Å². The third-order valence-corrected chi connectivity index (χ3v) is 4.49. The van der Waals surface area contributed by atoms with Crippen LogP contribution in [0.5, 0.6) is 0 Å². The van der Waals surface area contributed by atoms with Gasteiger partial charge in [-0.3, -0.25) is 4.79 Å². The molecule has 1 N–H and O–H groups in total. The van der Waals surface area contributed by atoms with Crippen LogP contribution in [0.4, 0.5) is 0 Å². The van der Waals surface area contributed by atoms with Crippen molar-refractivity contribution in [2.24, 2.45) is 0 Å². The van der Waals surface area contributed by atoms with Crippen LogP contribution in [-0.2, 0) is 9.54 Å². The summed E-state index contributed by atoms with van der Waals surface area (Å²) in [6.45, 7) is 0. The molecule has 2 nitrogen and oxygen atoms in total. The largest absolute Gasteiger partial charge is 0.480 e. The average Bonchev–Trinajstić information content (AvgIpc) is 2.75. The molecule has 0 saturated heterocycles. The molecule has 68 valence electrons. The predicted octanol–water partition coefficient (Wildman–Crippen LogP) is 2.68. The molecule has 0 radical (unpaired) electrons. The monoisotopic (exact) mass is 212 g/mol. The maximum atomic E-state index is 11.2. The molecule has 13 heavy (non-hydrogen) atoms. The smallest absolute Gasteiger partial charge is 0.325 e. The molecule has 1 aliphatic rings. The van der Waals surface area contributed by atoms with E-state index in [0.717, 1.165) is 4.88 Å². The van der Waals surface area contributed by atoms with Gasteiger partial charge in [-0.1, -0.05) is 12.1 Å². The second-order valence-electron chi connectivity index (χ2n) is 2.80. The number of thiophene rings is 1. The lowest BCUT2D eigenvalue weighted by Crippen LogP contribution is -2.28. The predicted molar refractivity (Wildman–Crippen MR) is 55.0 cm³/mol. The second-order valence-corrected chi connectivity index (χ2v) is 4.96. The highest BCUT2D eigenvalue weighted by Gasteiger charge is 2.42. The molecule has 0 aromatic carbocycles. The third kappa shape index (κ3) is 1.30. The number of hydrogen-bond acceptors (Lipinski definition) is 3. The zero-order valence-electron chi connectivity index (χ0n) is 6.77. The Hall–Kier alpha value is -0.740. The SMILES string of the molecule is O=C(O)C1(c2cccs2)CC=CS1. The van der Waals surface area contributed by atoms with Gasteiger partial charge in [0, 0.05) is 4.88 Å². The third-order valence-electron chi connectivity index (χ3n) is 2.04. The fourth-order valence-electron chi connectivity index (χ4n) is 1.34. The summed E-state index contributed by atoms with van der Waals surface area (Å²) in [5.74, 6) is -0.745. The molecule has 4 heteroatoms. The van der Waals surface area contributed by atoms with Gasteiger partial charge in [-0.25, -0.2) is 0 Å². The highest BCUT2D eigenvalue weighted by Crippen LogP contribution is 2.47. The van der Waals surface area contributed by atoms with Gasteiger partial charge < -0.3 is 5.11 Å². The molecule has 0 bridgehead atoms. The number of carboxylic acid groups (broad SMARTS) is 1. The molecule has 2 rings (SSSR count). The molecule has 0 fully saturated rings. The van der Waals surface area contributed by atoms with E-state index in [4.69, 9.17) is 0 Å². The van der Waals surface area contributed by atoms with E-state index in [1.165, 1.54) is 23.1 Å². The average molecular weight is 212 g/mol. The number of hydrogen-bond donors (Lipinski definition) is 1. The number of aliphatic carboxylic acids is 1. The van der Waals surface area contributed by atoms with Crippen LogP contribution in [0, 0.1) is 0 Å². The Balaban J connectivity index is 2.41. The van der Waals surface area contributed by atoms with Crippen molar-refractivity contribution in [2.75, 3.05) is 0 Å². The molecule has 1 aliphatic heterocycles. The quantitative estimate of drug-likeness (QED) is 0.819. The number of thioether (sulfide) groups is 1. The minimum atomic E-state index is -0.745. The molecule has 1 aromatic heterocycles. The van der Waals surface area contributed by atoms with E-state index >= 15 is 0 Å². The van der Waals surface area contributed by atoms with Gasteiger partial charge in [-0.05, 0) is 23.3 Å². The number of rotatable bonds is 2. The molecule has 0 saturated carbocycles. The van der Waals surface area contributed by atoms with E-state index in [1.807, 2.05) is 29.0 Å². The highest BCUT2D eigenvalue weighted by atomic mass is 32.2. The van der Waals surface area contributed by atoms with Crippen LogP contribution in [0.15, 0.2) is 29.0 Å². The first-order valence-electron chi connectivity index (χ1n) is 3.86. The highest BCUT2D eigenvalue weighted by molar-refractivity contribution is 8.04. The van der Waals surface area contributed by atoms with E-state index < -0.39 is 10.7 Å². The summed E-state index contributed by atoms with van der Waals surface area (Å²) in [4.78, 5) is 12.1. The normalized spacial score (nSPS) is 26.5. The van der Waals surface area contributed by atoms with E-state index in [-0.39, 0.29) is 0 Å². The minimum absolute atomic E-state index is 0.591. The van der Waals surface area contributed by atoms with E-state index in [9.17, 15) is 9.90 Å². The molecule has 0 spiro atoms. The van der Waals surface area contributed by atoms with Gasteiger partial charge in [0.15, 0.2) is 4.75 Å². The van der Waals surface area contributed by atoms with Crippen molar-refractivity contribution < 1.29 is 9.90 Å². The van der Waals surface area contributed by atoms with E-state index in [1.54, 1.807) is 0 Å². The molecule has 1 unspecified atom stereocenters. The van der Waals surface area contributed by atoms with Gasteiger partial charge in [-0.2, -0.15) is 0 Å². The van der Waals surface area contributed by atoms with Crippen LogP contribution in [0.2, 0.25) is 0 Å². The lowest BCUT2D eigenvalue weighted by Gasteiger charge is -2.20. The minimum Gasteiger partial charge on any atom is -0.480 e. The fourth-order valence-corrected chi connectivity index (χ4v) is 3.35. The number of allylic oxidation sites excluding steroid dienone is 1. The van der Waals surface area contributed by atoms with Crippen molar-refractivity contribution in [3.63, 3.8) is 0 Å². The molecule has 2 heterocycles. The maximum absolute atomic E-state index is 11.2. The van der Waals surface area contributed by atoms with Gasteiger partial charge in [0.05, 0.1) is 0 Å². The topological polar surface area (TPSA) is 37.3 Å². The van der Waals surface area contributed by atoms with Gasteiger partial charge in [0.25, 0.3) is 0 Å². The lowest BCUT2D eigenvalue weighted by molar-refractivity contribution is -0.139. The summed E-state index contributed by atoms with van der Waals surface area (Å²) >= 11 is 2.89. The zero-order valence-corrected chi connectivity index (χ0v) is 8.40. The summed E-state index contributed by atoms with van der Waals surface area (Å²) in [7, 11) is 0. The summed E-state index contributed by atoms with van der Waals surface area (Å²) in [5.41, 5.74) is 0. The first-order valence-corrected chi connectivity index (χ1v) is 5.62. The molecule has 1 aromatic rings. The maximum Gasteiger partial charge on any atom is 0.325 e.